The number of amides is 2. The molecule has 4 N–H and O–H groups in total. The second-order valence-electron chi connectivity index (χ2n) is 5.18. The molecule has 1 saturated heterocycles. The summed E-state index contributed by atoms with van der Waals surface area (Å²) in [5, 5.41) is 5.44. The molecule has 0 radical (unpaired) electrons. The highest BCUT2D eigenvalue weighted by molar-refractivity contribution is 5.88. The van der Waals surface area contributed by atoms with Crippen LogP contribution in [-0.2, 0) is 14.3 Å². The molecule has 104 valence electrons. The van der Waals surface area contributed by atoms with Crippen molar-refractivity contribution in [2.45, 2.75) is 32.9 Å². The summed E-state index contributed by atoms with van der Waals surface area (Å²) in [5.74, 6) is -0.365. The number of carbonyl (C=O) groups is 2. The van der Waals surface area contributed by atoms with Crippen LogP contribution in [-0.4, -0.2) is 43.7 Å². The molecule has 18 heavy (non-hydrogen) atoms. The molecule has 0 spiro atoms. The van der Waals surface area contributed by atoms with E-state index in [1.807, 2.05) is 13.8 Å². The van der Waals surface area contributed by atoms with Crippen LogP contribution in [0.5, 0.6) is 0 Å². The minimum Gasteiger partial charge on any atom is -0.379 e. The number of hydrogen-bond acceptors (Lipinski definition) is 4. The fourth-order valence-electron chi connectivity index (χ4n) is 1.68. The first-order valence-electron chi connectivity index (χ1n) is 6.33. The van der Waals surface area contributed by atoms with Crippen LogP contribution in [0, 0.1) is 11.8 Å². The Morgan fingerprint density at radius 3 is 2.50 bits per heavy atom. The van der Waals surface area contributed by atoms with Gasteiger partial charge in [-0.15, -0.1) is 0 Å². The quantitative estimate of drug-likeness (QED) is 0.603. The average Bonchev–Trinajstić information content (AvgIpc) is 2.72. The Morgan fingerprint density at radius 2 is 2.00 bits per heavy atom. The van der Waals surface area contributed by atoms with Gasteiger partial charge in [0.05, 0.1) is 19.1 Å². The SMILES string of the molecule is CC(C)CNC(=O)C(C)NC(=O)C1COCC1N. The zero-order chi connectivity index (χ0) is 13.7. The summed E-state index contributed by atoms with van der Waals surface area (Å²) in [5.41, 5.74) is 5.74. The molecule has 6 nitrogen and oxygen atoms in total. The van der Waals surface area contributed by atoms with Gasteiger partial charge in [0.2, 0.25) is 11.8 Å². The third-order valence-corrected chi connectivity index (χ3v) is 2.90. The molecule has 0 saturated carbocycles. The standard InChI is InChI=1S/C12H23N3O3/c1-7(2)4-14-11(16)8(3)15-12(17)9-5-18-6-10(9)13/h7-10H,4-6,13H2,1-3H3,(H,14,16)(H,15,17). The van der Waals surface area contributed by atoms with Crippen LogP contribution in [0.4, 0.5) is 0 Å². The molecule has 1 aliphatic rings. The van der Waals surface area contributed by atoms with Crippen LogP contribution in [0.2, 0.25) is 0 Å². The third-order valence-electron chi connectivity index (χ3n) is 2.90. The molecule has 1 rings (SSSR count). The van der Waals surface area contributed by atoms with Crippen molar-refractivity contribution < 1.29 is 14.3 Å². The average molecular weight is 257 g/mol. The van der Waals surface area contributed by atoms with E-state index in [1.54, 1.807) is 6.92 Å². The van der Waals surface area contributed by atoms with E-state index in [4.69, 9.17) is 10.5 Å². The van der Waals surface area contributed by atoms with E-state index in [2.05, 4.69) is 10.6 Å². The first kappa shape index (κ1) is 14.9. The maximum absolute atomic E-state index is 11.9. The Labute approximate surface area is 108 Å². The smallest absolute Gasteiger partial charge is 0.242 e. The van der Waals surface area contributed by atoms with Gasteiger partial charge >= 0.3 is 0 Å². The molecule has 1 heterocycles. The van der Waals surface area contributed by atoms with E-state index in [0.717, 1.165) is 0 Å². The molecule has 2 amide bonds. The second-order valence-corrected chi connectivity index (χ2v) is 5.18. The monoisotopic (exact) mass is 257 g/mol. The molecule has 3 atom stereocenters. The zero-order valence-electron chi connectivity index (χ0n) is 11.2. The van der Waals surface area contributed by atoms with Gasteiger partial charge in [-0.05, 0) is 12.8 Å². The van der Waals surface area contributed by atoms with E-state index in [1.165, 1.54) is 0 Å². The molecule has 0 aliphatic carbocycles. The molecule has 3 unspecified atom stereocenters. The zero-order valence-corrected chi connectivity index (χ0v) is 11.2. The van der Waals surface area contributed by atoms with Crippen LogP contribution in [0.3, 0.4) is 0 Å². The lowest BCUT2D eigenvalue weighted by Gasteiger charge is -2.18. The Bertz CT molecular complexity index is 307. The molecule has 0 bridgehead atoms. The van der Waals surface area contributed by atoms with Crippen molar-refractivity contribution in [2.75, 3.05) is 19.8 Å². The third kappa shape index (κ3) is 4.27. The number of nitrogens with one attached hydrogen (secondary N) is 2. The van der Waals surface area contributed by atoms with Crippen LogP contribution >= 0.6 is 0 Å². The lowest BCUT2D eigenvalue weighted by atomic mass is 10.0. The van der Waals surface area contributed by atoms with Crippen LogP contribution in [0.25, 0.3) is 0 Å². The lowest BCUT2D eigenvalue weighted by Crippen LogP contribution is -2.50. The van der Waals surface area contributed by atoms with Gasteiger partial charge in [-0.3, -0.25) is 9.59 Å². The summed E-state index contributed by atoms with van der Waals surface area (Å²) < 4.78 is 5.13. The summed E-state index contributed by atoms with van der Waals surface area (Å²) in [7, 11) is 0. The first-order chi connectivity index (χ1) is 8.41. The van der Waals surface area contributed by atoms with E-state index in [9.17, 15) is 9.59 Å². The number of carbonyl (C=O) groups excluding carboxylic acids is 2. The van der Waals surface area contributed by atoms with Gasteiger partial charge in [0.1, 0.15) is 6.04 Å². The van der Waals surface area contributed by atoms with Crippen LogP contribution in [0.15, 0.2) is 0 Å². The summed E-state index contributed by atoms with van der Waals surface area (Å²) >= 11 is 0. The van der Waals surface area contributed by atoms with E-state index < -0.39 is 6.04 Å². The maximum Gasteiger partial charge on any atom is 0.242 e. The van der Waals surface area contributed by atoms with Crippen molar-refractivity contribution in [1.29, 1.82) is 0 Å². The van der Waals surface area contributed by atoms with Gasteiger partial charge in [-0.1, -0.05) is 13.8 Å². The topological polar surface area (TPSA) is 93.5 Å². The molecule has 6 heteroatoms. The Kier molecular flexibility index (Phi) is 5.55. The summed E-state index contributed by atoms with van der Waals surface area (Å²) in [6, 6.07) is -0.833. The molecule has 0 aromatic carbocycles. The molecule has 1 aliphatic heterocycles. The highest BCUT2D eigenvalue weighted by Crippen LogP contribution is 2.11. The molecule has 1 fully saturated rings. The van der Waals surface area contributed by atoms with Gasteiger partial charge in [0.25, 0.3) is 0 Å². The summed E-state index contributed by atoms with van der Waals surface area (Å²) in [4.78, 5) is 23.5. The Balaban J connectivity index is 2.36. The van der Waals surface area contributed by atoms with Gasteiger partial charge < -0.3 is 21.1 Å². The Hall–Kier alpha value is -1.14. The number of nitrogens with two attached hydrogens (primary N) is 1. The molecule has 0 aromatic heterocycles. The van der Waals surface area contributed by atoms with Crippen molar-refractivity contribution in [3.63, 3.8) is 0 Å². The highest BCUT2D eigenvalue weighted by Gasteiger charge is 2.32. The normalized spacial score (nSPS) is 24.9. The van der Waals surface area contributed by atoms with Gasteiger partial charge in [0, 0.05) is 12.6 Å². The number of ether oxygens (including phenoxy) is 1. The van der Waals surface area contributed by atoms with Crippen molar-refractivity contribution in [2.24, 2.45) is 17.6 Å². The second kappa shape index (κ2) is 6.70. The predicted octanol–water partition coefficient (Wildman–Crippen LogP) is -0.763. The van der Waals surface area contributed by atoms with E-state index >= 15 is 0 Å². The van der Waals surface area contributed by atoms with E-state index in [-0.39, 0.29) is 23.8 Å². The largest absolute Gasteiger partial charge is 0.379 e. The summed E-state index contributed by atoms with van der Waals surface area (Å²) in [6.45, 7) is 7.01. The fraction of sp³-hybridized carbons (Fsp3) is 0.833. The van der Waals surface area contributed by atoms with Crippen molar-refractivity contribution in [3.8, 4) is 0 Å². The molecular weight excluding hydrogens is 234 g/mol. The lowest BCUT2D eigenvalue weighted by molar-refractivity contribution is -0.131. The summed E-state index contributed by atoms with van der Waals surface area (Å²) in [6.07, 6.45) is 0. The minimum atomic E-state index is -0.552. The van der Waals surface area contributed by atoms with Gasteiger partial charge in [0.15, 0.2) is 0 Å². The van der Waals surface area contributed by atoms with Crippen molar-refractivity contribution in [3.05, 3.63) is 0 Å². The number of rotatable bonds is 5. The van der Waals surface area contributed by atoms with E-state index in [0.29, 0.717) is 25.7 Å². The molecule has 0 aromatic rings. The highest BCUT2D eigenvalue weighted by atomic mass is 16.5. The maximum atomic E-state index is 11.9. The first-order valence-corrected chi connectivity index (χ1v) is 6.33. The van der Waals surface area contributed by atoms with Crippen LogP contribution < -0.4 is 16.4 Å². The fourth-order valence-corrected chi connectivity index (χ4v) is 1.68. The van der Waals surface area contributed by atoms with Crippen LogP contribution in [0.1, 0.15) is 20.8 Å². The number of hydrogen-bond donors (Lipinski definition) is 3. The van der Waals surface area contributed by atoms with Gasteiger partial charge in [-0.2, -0.15) is 0 Å². The minimum absolute atomic E-state index is 0.176. The molecular formula is C12H23N3O3. The van der Waals surface area contributed by atoms with Gasteiger partial charge in [-0.25, -0.2) is 0 Å². The van der Waals surface area contributed by atoms with Crippen molar-refractivity contribution >= 4 is 11.8 Å². The van der Waals surface area contributed by atoms with Crippen molar-refractivity contribution in [1.82, 2.24) is 10.6 Å². The Morgan fingerprint density at radius 1 is 1.33 bits per heavy atom. The predicted molar refractivity (Wildman–Crippen MR) is 67.7 cm³/mol.